The highest BCUT2D eigenvalue weighted by molar-refractivity contribution is 5.83. The molecule has 0 saturated carbocycles. The van der Waals surface area contributed by atoms with Gasteiger partial charge in [0, 0.05) is 5.70 Å². The van der Waals surface area contributed by atoms with Gasteiger partial charge in [0.1, 0.15) is 0 Å². The quantitative estimate of drug-likeness (QED) is 0.573. The highest BCUT2D eigenvalue weighted by Gasteiger charge is 2.19. The highest BCUT2D eigenvalue weighted by Crippen LogP contribution is 2.10. The molecule has 1 atom stereocenters. The van der Waals surface area contributed by atoms with E-state index >= 15 is 0 Å². The van der Waals surface area contributed by atoms with Crippen molar-refractivity contribution in [1.82, 2.24) is 10.6 Å². The minimum absolute atomic E-state index is 0.0331. The molecule has 1 unspecified atom stereocenters. The minimum atomic E-state index is -0.0331. The molecule has 0 aromatic rings. The van der Waals surface area contributed by atoms with Crippen LogP contribution in [0.25, 0.3) is 0 Å². The van der Waals surface area contributed by atoms with E-state index in [1.165, 1.54) is 0 Å². The van der Waals surface area contributed by atoms with E-state index < -0.39 is 0 Å². The number of hydrogen-bond acceptors (Lipinski definition) is 2. The van der Waals surface area contributed by atoms with Gasteiger partial charge in [0.2, 0.25) is 5.91 Å². The van der Waals surface area contributed by atoms with Crippen LogP contribution in [0, 0.1) is 0 Å². The van der Waals surface area contributed by atoms with Crippen LogP contribution in [0.3, 0.4) is 0 Å². The normalized spacial score (nSPS) is 26.1. The predicted molar refractivity (Wildman–Crippen MR) is 44.0 cm³/mol. The molecule has 1 amide bonds. The van der Waals surface area contributed by atoms with E-state index in [1.807, 2.05) is 0 Å². The predicted octanol–water partition coefficient (Wildman–Crippen LogP) is 0.388. The molecule has 0 aromatic heterocycles. The summed E-state index contributed by atoms with van der Waals surface area (Å²) in [5, 5.41) is 5.71. The highest BCUT2D eigenvalue weighted by atomic mass is 16.2. The van der Waals surface area contributed by atoms with E-state index in [-0.39, 0.29) is 11.9 Å². The average molecular weight is 154 g/mol. The van der Waals surface area contributed by atoms with Crippen molar-refractivity contribution in [3.8, 4) is 0 Å². The van der Waals surface area contributed by atoms with Crippen LogP contribution in [0.15, 0.2) is 12.3 Å². The summed E-state index contributed by atoms with van der Waals surface area (Å²) in [5.41, 5.74) is 0.841. The molecule has 3 nitrogen and oxygen atoms in total. The molecule has 3 heteroatoms. The molecule has 0 aliphatic carbocycles. The number of hydrogen-bond donors (Lipinski definition) is 2. The van der Waals surface area contributed by atoms with Gasteiger partial charge in [0.25, 0.3) is 0 Å². The van der Waals surface area contributed by atoms with Gasteiger partial charge >= 0.3 is 0 Å². The van der Waals surface area contributed by atoms with Gasteiger partial charge in [-0.25, -0.2) is 0 Å². The number of carbonyl (C=O) groups is 1. The number of allylic oxidation sites excluding steroid dienone is 1. The van der Waals surface area contributed by atoms with E-state index in [9.17, 15) is 4.79 Å². The lowest BCUT2D eigenvalue weighted by molar-refractivity contribution is -0.122. The van der Waals surface area contributed by atoms with Crippen molar-refractivity contribution < 1.29 is 4.79 Å². The molecule has 11 heavy (non-hydrogen) atoms. The van der Waals surface area contributed by atoms with Crippen LogP contribution >= 0.6 is 0 Å². The Labute approximate surface area is 66.9 Å². The number of amides is 1. The second kappa shape index (κ2) is 3.53. The van der Waals surface area contributed by atoms with Crippen molar-refractivity contribution in [2.24, 2.45) is 0 Å². The van der Waals surface area contributed by atoms with Crippen LogP contribution in [0.4, 0.5) is 0 Å². The van der Waals surface area contributed by atoms with Gasteiger partial charge in [0.15, 0.2) is 0 Å². The van der Waals surface area contributed by atoms with Crippen molar-refractivity contribution in [2.45, 2.75) is 25.3 Å². The zero-order chi connectivity index (χ0) is 8.27. The van der Waals surface area contributed by atoms with Gasteiger partial charge in [0.05, 0.1) is 6.04 Å². The molecule has 1 aliphatic heterocycles. The third-order valence-corrected chi connectivity index (χ3v) is 1.94. The fourth-order valence-corrected chi connectivity index (χ4v) is 1.25. The summed E-state index contributed by atoms with van der Waals surface area (Å²) in [6, 6.07) is -0.0331. The van der Waals surface area contributed by atoms with Crippen LogP contribution in [0.2, 0.25) is 0 Å². The Balaban J connectivity index is 2.57. The maximum Gasteiger partial charge on any atom is 0.241 e. The molecule has 0 aromatic carbocycles. The second-order valence-electron chi connectivity index (χ2n) is 2.83. The fourth-order valence-electron chi connectivity index (χ4n) is 1.25. The molecule has 1 fully saturated rings. The lowest BCUT2D eigenvalue weighted by Crippen LogP contribution is -2.40. The number of carbonyl (C=O) groups excluding carboxylic acids is 1. The van der Waals surface area contributed by atoms with Crippen LogP contribution < -0.4 is 10.6 Å². The minimum Gasteiger partial charge on any atom is -0.329 e. The lowest BCUT2D eigenvalue weighted by atomic mass is 10.1. The maximum atomic E-state index is 11.2. The van der Waals surface area contributed by atoms with Crippen molar-refractivity contribution in [1.29, 1.82) is 0 Å². The standard InChI is InChI=1S/C8H14N2O/c1-6-4-3-5-7(9-2)8(11)10-6/h7,9H,1,3-5H2,2H3,(H,10,11). The molecular formula is C8H14N2O. The van der Waals surface area contributed by atoms with Crippen molar-refractivity contribution >= 4 is 5.91 Å². The molecule has 2 N–H and O–H groups in total. The first-order valence-corrected chi connectivity index (χ1v) is 3.90. The Hall–Kier alpha value is -0.830. The maximum absolute atomic E-state index is 11.2. The lowest BCUT2D eigenvalue weighted by Gasteiger charge is -2.10. The average Bonchev–Trinajstić information content (AvgIpc) is 2.11. The first-order valence-electron chi connectivity index (χ1n) is 3.90. The summed E-state index contributed by atoms with van der Waals surface area (Å²) in [6.07, 6.45) is 2.84. The molecule has 0 bridgehead atoms. The zero-order valence-electron chi connectivity index (χ0n) is 6.81. The Kier molecular flexibility index (Phi) is 2.65. The molecule has 1 saturated heterocycles. The molecule has 0 radical (unpaired) electrons. The summed E-state index contributed by atoms with van der Waals surface area (Å²) in [5.74, 6) is 0.0509. The van der Waals surface area contributed by atoms with E-state index in [2.05, 4.69) is 17.2 Å². The van der Waals surface area contributed by atoms with Crippen molar-refractivity contribution in [2.75, 3.05) is 7.05 Å². The van der Waals surface area contributed by atoms with Gasteiger partial charge in [-0.1, -0.05) is 6.58 Å². The Morgan fingerprint density at radius 2 is 2.45 bits per heavy atom. The molecular weight excluding hydrogens is 140 g/mol. The molecule has 0 spiro atoms. The van der Waals surface area contributed by atoms with Crippen LogP contribution in [0.1, 0.15) is 19.3 Å². The fraction of sp³-hybridized carbons (Fsp3) is 0.625. The van der Waals surface area contributed by atoms with Crippen LogP contribution in [-0.2, 0) is 4.79 Å². The van der Waals surface area contributed by atoms with Gasteiger partial charge in [-0.15, -0.1) is 0 Å². The largest absolute Gasteiger partial charge is 0.329 e. The first kappa shape index (κ1) is 8.27. The number of nitrogens with one attached hydrogen (secondary N) is 2. The Morgan fingerprint density at radius 3 is 3.09 bits per heavy atom. The summed E-state index contributed by atoms with van der Waals surface area (Å²) in [4.78, 5) is 11.2. The Morgan fingerprint density at radius 1 is 1.73 bits per heavy atom. The van der Waals surface area contributed by atoms with Crippen molar-refractivity contribution in [3.63, 3.8) is 0 Å². The smallest absolute Gasteiger partial charge is 0.241 e. The van der Waals surface area contributed by atoms with E-state index in [0.29, 0.717) is 0 Å². The van der Waals surface area contributed by atoms with Gasteiger partial charge in [-0.2, -0.15) is 0 Å². The molecule has 1 rings (SSSR count). The van der Waals surface area contributed by atoms with E-state index in [0.717, 1.165) is 25.0 Å². The summed E-state index contributed by atoms with van der Waals surface area (Å²) >= 11 is 0. The van der Waals surface area contributed by atoms with Gasteiger partial charge in [-0.3, -0.25) is 4.79 Å². The van der Waals surface area contributed by atoms with Gasteiger partial charge in [-0.05, 0) is 26.3 Å². The zero-order valence-corrected chi connectivity index (χ0v) is 6.81. The summed E-state index contributed by atoms with van der Waals surface area (Å²) in [6.45, 7) is 3.73. The van der Waals surface area contributed by atoms with Crippen LogP contribution in [0.5, 0.6) is 0 Å². The summed E-state index contributed by atoms with van der Waals surface area (Å²) < 4.78 is 0. The summed E-state index contributed by atoms with van der Waals surface area (Å²) in [7, 11) is 1.80. The van der Waals surface area contributed by atoms with Crippen molar-refractivity contribution in [3.05, 3.63) is 12.3 Å². The monoisotopic (exact) mass is 154 g/mol. The molecule has 1 heterocycles. The van der Waals surface area contributed by atoms with E-state index in [4.69, 9.17) is 0 Å². The Bertz CT molecular complexity index is 177. The van der Waals surface area contributed by atoms with Crippen LogP contribution in [-0.4, -0.2) is 19.0 Å². The third-order valence-electron chi connectivity index (χ3n) is 1.94. The topological polar surface area (TPSA) is 41.1 Å². The third kappa shape index (κ3) is 2.05. The molecule has 1 aliphatic rings. The SMILES string of the molecule is C=C1CCCC(NC)C(=O)N1. The second-order valence-corrected chi connectivity index (χ2v) is 2.83. The van der Waals surface area contributed by atoms with E-state index in [1.54, 1.807) is 7.05 Å². The number of likely N-dealkylation sites (N-methyl/N-ethyl adjacent to an activating group) is 1. The van der Waals surface area contributed by atoms with Gasteiger partial charge < -0.3 is 10.6 Å². The number of rotatable bonds is 1. The first-order chi connectivity index (χ1) is 5.24. The molecule has 62 valence electrons.